The van der Waals surface area contributed by atoms with Crippen LogP contribution in [0.1, 0.15) is 118 Å². The van der Waals surface area contributed by atoms with E-state index in [1.54, 1.807) is 0 Å². The molecule has 4 nitrogen and oxygen atoms in total. The predicted octanol–water partition coefficient (Wildman–Crippen LogP) is 7.49. The maximum Gasteiger partial charge on any atom is 0.285 e. The van der Waals surface area contributed by atoms with Gasteiger partial charge in [-0.25, -0.2) is 0 Å². The Kier molecular flexibility index (Phi) is 21.0. The van der Waals surface area contributed by atoms with Crippen LogP contribution in [0.25, 0.3) is 0 Å². The quantitative estimate of drug-likeness (QED) is 0.128. The molecule has 0 rings (SSSR count). The van der Waals surface area contributed by atoms with Gasteiger partial charge < -0.3 is 18.9 Å². The normalized spacial score (nSPS) is 13.1. The van der Waals surface area contributed by atoms with E-state index in [0.29, 0.717) is 19.8 Å². The van der Waals surface area contributed by atoms with Gasteiger partial charge in [-0.15, -0.1) is 0 Å². The molecule has 0 aromatic carbocycles. The molecule has 29 heavy (non-hydrogen) atoms. The van der Waals surface area contributed by atoms with E-state index < -0.39 is 5.97 Å². The number of ether oxygens (including phenoxy) is 4. The van der Waals surface area contributed by atoms with Gasteiger partial charge in [-0.3, -0.25) is 0 Å². The number of hydrogen-bond donors (Lipinski definition) is 0. The van der Waals surface area contributed by atoms with Gasteiger partial charge in [0.2, 0.25) is 0 Å². The topological polar surface area (TPSA) is 36.9 Å². The zero-order chi connectivity index (χ0) is 21.6. The Balaban J connectivity index is 5.07. The van der Waals surface area contributed by atoms with E-state index in [9.17, 15) is 0 Å². The highest BCUT2D eigenvalue weighted by atomic mass is 16.9. The fourth-order valence-electron chi connectivity index (χ4n) is 3.56. The van der Waals surface area contributed by atoms with Gasteiger partial charge in [-0.2, -0.15) is 0 Å². The zero-order valence-electron chi connectivity index (χ0n) is 20.4. The van der Waals surface area contributed by atoms with Gasteiger partial charge in [0, 0.05) is 19.1 Å². The van der Waals surface area contributed by atoms with Crippen LogP contribution in [0.3, 0.4) is 0 Å². The van der Waals surface area contributed by atoms with Gasteiger partial charge >= 0.3 is 0 Å². The number of rotatable bonds is 23. The van der Waals surface area contributed by atoms with E-state index in [0.717, 1.165) is 58.2 Å². The summed E-state index contributed by atoms with van der Waals surface area (Å²) in [7, 11) is 0. The van der Waals surface area contributed by atoms with Crippen LogP contribution in [-0.4, -0.2) is 39.0 Å². The van der Waals surface area contributed by atoms with E-state index in [-0.39, 0.29) is 5.92 Å². The van der Waals surface area contributed by atoms with Gasteiger partial charge in [0.05, 0.1) is 19.8 Å². The van der Waals surface area contributed by atoms with Crippen molar-refractivity contribution in [2.24, 2.45) is 5.92 Å². The van der Waals surface area contributed by atoms with Crippen molar-refractivity contribution in [3.63, 3.8) is 0 Å². The predicted molar refractivity (Wildman–Crippen MR) is 123 cm³/mol. The summed E-state index contributed by atoms with van der Waals surface area (Å²) < 4.78 is 24.7. The first-order valence-corrected chi connectivity index (χ1v) is 12.7. The van der Waals surface area contributed by atoms with Crippen LogP contribution in [-0.2, 0) is 18.9 Å². The maximum atomic E-state index is 6.33. The van der Waals surface area contributed by atoms with Gasteiger partial charge in [-0.05, 0) is 44.9 Å². The minimum absolute atomic E-state index is 0.253. The third-order valence-electron chi connectivity index (χ3n) is 5.12. The number of unbranched alkanes of at least 4 members (excludes halogenated alkanes) is 5. The standard InChI is InChI=1S/C25H52O4/c1-6-11-12-13-14-15-17-24(18-16-23-26-19-7-2)25(27-20-8-3,28-21-9-4)29-22-10-5/h24H,6-23H2,1-5H3. The van der Waals surface area contributed by atoms with Crippen LogP contribution in [0.5, 0.6) is 0 Å². The molecule has 0 heterocycles. The Morgan fingerprint density at radius 2 is 0.966 bits per heavy atom. The molecule has 0 saturated heterocycles. The molecule has 1 atom stereocenters. The van der Waals surface area contributed by atoms with Gasteiger partial charge in [0.25, 0.3) is 5.97 Å². The number of hydrogen-bond acceptors (Lipinski definition) is 4. The minimum atomic E-state index is -0.893. The second-order valence-corrected chi connectivity index (χ2v) is 8.16. The molecule has 0 spiro atoms. The molecule has 1 unspecified atom stereocenters. The molecule has 0 aromatic rings. The van der Waals surface area contributed by atoms with Crippen molar-refractivity contribution in [1.29, 1.82) is 0 Å². The summed E-state index contributed by atoms with van der Waals surface area (Å²) in [5, 5.41) is 0. The highest BCUT2D eigenvalue weighted by Crippen LogP contribution is 2.34. The van der Waals surface area contributed by atoms with Gasteiger partial charge in [0.1, 0.15) is 0 Å². The van der Waals surface area contributed by atoms with Crippen molar-refractivity contribution in [2.75, 3.05) is 33.0 Å². The third-order valence-corrected chi connectivity index (χ3v) is 5.12. The van der Waals surface area contributed by atoms with Crippen molar-refractivity contribution in [2.45, 2.75) is 124 Å². The lowest BCUT2D eigenvalue weighted by Gasteiger charge is -2.40. The van der Waals surface area contributed by atoms with E-state index in [2.05, 4.69) is 34.6 Å². The van der Waals surface area contributed by atoms with E-state index >= 15 is 0 Å². The molecule has 0 amide bonds. The molecule has 0 aliphatic heterocycles. The van der Waals surface area contributed by atoms with Crippen LogP contribution in [0.4, 0.5) is 0 Å². The lowest BCUT2D eigenvalue weighted by Crippen LogP contribution is -2.47. The molecule has 0 N–H and O–H groups in total. The fourth-order valence-corrected chi connectivity index (χ4v) is 3.56. The summed E-state index contributed by atoms with van der Waals surface area (Å²) in [6.07, 6.45) is 14.9. The first-order valence-electron chi connectivity index (χ1n) is 12.7. The Hall–Kier alpha value is -0.160. The largest absolute Gasteiger partial charge is 0.381 e. The first kappa shape index (κ1) is 28.8. The van der Waals surface area contributed by atoms with Crippen molar-refractivity contribution >= 4 is 0 Å². The highest BCUT2D eigenvalue weighted by molar-refractivity contribution is 4.73. The van der Waals surface area contributed by atoms with Crippen LogP contribution >= 0.6 is 0 Å². The van der Waals surface area contributed by atoms with Crippen molar-refractivity contribution in [1.82, 2.24) is 0 Å². The molecule has 0 saturated carbocycles. The minimum Gasteiger partial charge on any atom is -0.381 e. The summed E-state index contributed by atoms with van der Waals surface area (Å²) in [5.41, 5.74) is 0. The molecule has 4 heteroatoms. The Morgan fingerprint density at radius 1 is 0.483 bits per heavy atom. The van der Waals surface area contributed by atoms with Crippen LogP contribution in [0.2, 0.25) is 0 Å². The monoisotopic (exact) mass is 416 g/mol. The second-order valence-electron chi connectivity index (χ2n) is 8.16. The van der Waals surface area contributed by atoms with E-state index in [1.165, 1.54) is 38.5 Å². The summed E-state index contributed by atoms with van der Waals surface area (Å²) in [5.74, 6) is -0.639. The van der Waals surface area contributed by atoms with Crippen molar-refractivity contribution in [3.8, 4) is 0 Å². The summed E-state index contributed by atoms with van der Waals surface area (Å²) in [6, 6.07) is 0. The van der Waals surface area contributed by atoms with Crippen LogP contribution in [0.15, 0.2) is 0 Å². The molecule has 0 fully saturated rings. The average Bonchev–Trinajstić information content (AvgIpc) is 2.74. The first-order chi connectivity index (χ1) is 14.2. The summed E-state index contributed by atoms with van der Waals surface area (Å²) >= 11 is 0. The Labute approximate surface area is 182 Å². The molecule has 0 radical (unpaired) electrons. The SMILES string of the molecule is CCCCCCCCC(CCCOCCC)C(OCCC)(OCCC)OCCC. The van der Waals surface area contributed by atoms with Gasteiger partial charge in [0.15, 0.2) is 0 Å². The molecule has 0 aliphatic carbocycles. The van der Waals surface area contributed by atoms with Crippen molar-refractivity contribution in [3.05, 3.63) is 0 Å². The molecule has 0 aromatic heterocycles. The summed E-state index contributed by atoms with van der Waals surface area (Å²) in [6.45, 7) is 14.5. The fraction of sp³-hybridized carbons (Fsp3) is 1.00. The molecule has 0 bridgehead atoms. The van der Waals surface area contributed by atoms with Crippen LogP contribution < -0.4 is 0 Å². The van der Waals surface area contributed by atoms with E-state index in [1.807, 2.05) is 0 Å². The van der Waals surface area contributed by atoms with Crippen molar-refractivity contribution < 1.29 is 18.9 Å². The van der Waals surface area contributed by atoms with E-state index in [4.69, 9.17) is 18.9 Å². The van der Waals surface area contributed by atoms with Gasteiger partial charge in [-0.1, -0.05) is 73.1 Å². The summed E-state index contributed by atoms with van der Waals surface area (Å²) in [4.78, 5) is 0. The lowest BCUT2D eigenvalue weighted by atomic mass is 9.93. The molecule has 0 aliphatic rings. The molecular formula is C25H52O4. The molecular weight excluding hydrogens is 364 g/mol. The van der Waals surface area contributed by atoms with Crippen LogP contribution in [0, 0.1) is 5.92 Å². The highest BCUT2D eigenvalue weighted by Gasteiger charge is 2.41. The average molecular weight is 417 g/mol. The molecule has 176 valence electrons. The zero-order valence-corrected chi connectivity index (χ0v) is 20.4. The Morgan fingerprint density at radius 3 is 1.48 bits per heavy atom. The smallest absolute Gasteiger partial charge is 0.285 e. The lowest BCUT2D eigenvalue weighted by molar-refractivity contribution is -0.406. The third kappa shape index (κ3) is 14.5. The maximum absolute atomic E-state index is 6.33. The Bertz CT molecular complexity index is 300. The second kappa shape index (κ2) is 21.1.